The van der Waals surface area contributed by atoms with Crippen molar-refractivity contribution in [2.75, 3.05) is 18.0 Å². The Kier molecular flexibility index (Phi) is 5.23. The Hall–Kier alpha value is -3.57. The zero-order valence-electron chi connectivity index (χ0n) is 21.1. The van der Waals surface area contributed by atoms with E-state index in [2.05, 4.69) is 10.3 Å². The van der Waals surface area contributed by atoms with Crippen molar-refractivity contribution in [2.45, 2.75) is 49.5 Å². The maximum absolute atomic E-state index is 15.0. The standard InChI is InChI=1S/C28H24F6N4O2/c29-17-1-3-21(20(30)7-17)38-11-19(25(40)36-26-8-14-5-15(9-26)16(6-14)10-26)23(39)18-2-4-22(35-24(18)38)37-12-27(31,32)28(33,34)13-37/h1-4,7,11,14-16H,5-6,8-10,12-13H2,(H,36,40). The number of alkyl halides is 4. The third-order valence-corrected chi connectivity index (χ3v) is 9.19. The fourth-order valence-corrected chi connectivity index (χ4v) is 7.59. The van der Waals surface area contributed by atoms with Crippen LogP contribution < -0.4 is 15.6 Å². The molecule has 4 bridgehead atoms. The molecule has 0 radical (unpaired) electrons. The number of amides is 1. The quantitative estimate of drug-likeness (QED) is 0.452. The summed E-state index contributed by atoms with van der Waals surface area (Å²) in [7, 11) is 0. The summed E-state index contributed by atoms with van der Waals surface area (Å²) in [6.07, 6.45) is 5.90. The van der Waals surface area contributed by atoms with Gasteiger partial charge in [0, 0.05) is 17.8 Å². The average molecular weight is 563 g/mol. The van der Waals surface area contributed by atoms with Crippen molar-refractivity contribution in [3.63, 3.8) is 0 Å². The van der Waals surface area contributed by atoms with Crippen LogP contribution in [0.1, 0.15) is 42.5 Å². The second-order valence-electron chi connectivity index (χ2n) is 11.8. The number of hydrogen-bond acceptors (Lipinski definition) is 4. The number of nitrogens with one attached hydrogen (secondary N) is 1. The number of fused-ring (bicyclic) bond motifs is 1. The number of benzene rings is 1. The number of aromatic nitrogens is 2. The van der Waals surface area contributed by atoms with Gasteiger partial charge in [0.1, 0.15) is 23.0 Å². The minimum absolute atomic E-state index is 0.147. The molecule has 3 heterocycles. The van der Waals surface area contributed by atoms with Crippen LogP contribution in [0.15, 0.2) is 41.3 Å². The molecule has 1 amide bonds. The van der Waals surface area contributed by atoms with Gasteiger partial charge in [-0.25, -0.2) is 13.8 Å². The zero-order valence-corrected chi connectivity index (χ0v) is 21.1. The number of halogens is 6. The molecule has 4 aliphatic carbocycles. The molecule has 5 aliphatic rings. The molecular weight excluding hydrogens is 538 g/mol. The monoisotopic (exact) mass is 562 g/mol. The van der Waals surface area contributed by atoms with Crippen LogP contribution in [0.25, 0.3) is 16.7 Å². The molecular formula is C28H24F6N4O2. The number of carbonyl (C=O) groups is 1. The summed E-state index contributed by atoms with van der Waals surface area (Å²) in [5, 5.41) is 2.93. The van der Waals surface area contributed by atoms with Crippen LogP contribution >= 0.6 is 0 Å². The number of hydrogen-bond donors (Lipinski definition) is 1. The molecule has 6 nitrogen and oxygen atoms in total. The highest BCUT2D eigenvalue weighted by Gasteiger charge is 2.63. The molecule has 210 valence electrons. The van der Waals surface area contributed by atoms with Gasteiger partial charge in [-0.3, -0.25) is 14.2 Å². The predicted molar refractivity (Wildman–Crippen MR) is 133 cm³/mol. The van der Waals surface area contributed by atoms with Crippen LogP contribution in [0.3, 0.4) is 0 Å². The van der Waals surface area contributed by atoms with Gasteiger partial charge in [0.25, 0.3) is 5.91 Å². The molecule has 0 spiro atoms. The Morgan fingerprint density at radius 1 is 0.950 bits per heavy atom. The lowest BCUT2D eigenvalue weighted by molar-refractivity contribution is -0.172. The molecule has 2 unspecified atom stereocenters. The highest BCUT2D eigenvalue weighted by atomic mass is 19.3. The van der Waals surface area contributed by atoms with Crippen LogP contribution in [0.2, 0.25) is 0 Å². The van der Waals surface area contributed by atoms with Crippen LogP contribution in [0.5, 0.6) is 0 Å². The zero-order chi connectivity index (χ0) is 28.2. The Balaban J connectivity index is 1.34. The lowest BCUT2D eigenvalue weighted by Crippen LogP contribution is -2.51. The van der Waals surface area contributed by atoms with Gasteiger partial charge in [0.05, 0.1) is 24.2 Å². The van der Waals surface area contributed by atoms with Gasteiger partial charge in [-0.05, 0) is 74.1 Å². The van der Waals surface area contributed by atoms with E-state index >= 15 is 0 Å². The molecule has 8 rings (SSSR count). The lowest BCUT2D eigenvalue weighted by Gasteiger charge is -2.39. The SMILES string of the molecule is O=C(NC12CC3CC(C1)C(C3)C2)c1cn(-c2ccc(F)cc2F)c2nc(N3CC(F)(F)C(F)(F)C3)ccc2c1=O. The van der Waals surface area contributed by atoms with E-state index in [0.717, 1.165) is 61.1 Å². The van der Waals surface area contributed by atoms with Gasteiger partial charge < -0.3 is 10.2 Å². The average Bonchev–Trinajstić information content (AvgIpc) is 3.38. The third-order valence-electron chi connectivity index (χ3n) is 9.19. The Morgan fingerprint density at radius 2 is 1.62 bits per heavy atom. The summed E-state index contributed by atoms with van der Waals surface area (Å²) in [6, 6.07) is 5.00. The van der Waals surface area contributed by atoms with Gasteiger partial charge in [0.2, 0.25) is 5.43 Å². The first-order valence-corrected chi connectivity index (χ1v) is 13.2. The van der Waals surface area contributed by atoms with Crippen molar-refractivity contribution >= 4 is 22.8 Å². The summed E-state index contributed by atoms with van der Waals surface area (Å²) < 4.78 is 85.3. The molecule has 5 fully saturated rings. The number of pyridine rings is 2. The summed E-state index contributed by atoms with van der Waals surface area (Å²) in [6.45, 7) is -2.61. The lowest BCUT2D eigenvalue weighted by atomic mass is 9.75. The van der Waals surface area contributed by atoms with E-state index in [4.69, 9.17) is 0 Å². The van der Waals surface area contributed by atoms with Crippen LogP contribution in [-0.4, -0.2) is 45.9 Å². The Labute approximate surface area is 224 Å². The van der Waals surface area contributed by atoms with Gasteiger partial charge in [-0.1, -0.05) is 0 Å². The molecule has 12 heteroatoms. The molecule has 1 saturated heterocycles. The maximum Gasteiger partial charge on any atom is 0.329 e. The molecule has 3 aromatic rings. The van der Waals surface area contributed by atoms with Crippen molar-refractivity contribution in [1.29, 1.82) is 0 Å². The minimum Gasteiger partial charge on any atom is -0.346 e. The van der Waals surface area contributed by atoms with Crippen LogP contribution in [0, 0.1) is 29.4 Å². The van der Waals surface area contributed by atoms with Crippen molar-refractivity contribution in [3.05, 3.63) is 63.9 Å². The fourth-order valence-electron chi connectivity index (χ4n) is 7.59. The van der Waals surface area contributed by atoms with Crippen molar-refractivity contribution in [1.82, 2.24) is 14.9 Å². The molecule has 2 aromatic heterocycles. The van der Waals surface area contributed by atoms with E-state index < -0.39 is 53.4 Å². The smallest absolute Gasteiger partial charge is 0.329 e. The van der Waals surface area contributed by atoms with Crippen molar-refractivity contribution in [2.24, 2.45) is 17.8 Å². The highest BCUT2D eigenvalue weighted by molar-refractivity contribution is 5.98. The first kappa shape index (κ1) is 25.4. The number of nitrogens with zero attached hydrogens (tertiary/aromatic N) is 3. The van der Waals surface area contributed by atoms with E-state index in [1.165, 1.54) is 6.07 Å². The Bertz CT molecular complexity index is 1600. The minimum atomic E-state index is -4.30. The highest BCUT2D eigenvalue weighted by Crippen LogP contribution is 2.60. The van der Waals surface area contributed by atoms with Gasteiger partial charge in [-0.15, -0.1) is 0 Å². The van der Waals surface area contributed by atoms with Crippen molar-refractivity contribution < 1.29 is 31.1 Å². The summed E-state index contributed by atoms with van der Waals surface area (Å²) in [5.74, 6) is -9.78. The molecule has 1 N–H and O–H groups in total. The van der Waals surface area contributed by atoms with Crippen LogP contribution in [0.4, 0.5) is 32.2 Å². The van der Waals surface area contributed by atoms with E-state index in [0.29, 0.717) is 28.7 Å². The molecule has 4 saturated carbocycles. The van der Waals surface area contributed by atoms with E-state index in [1.54, 1.807) is 0 Å². The number of rotatable bonds is 4. The summed E-state index contributed by atoms with van der Waals surface area (Å²) in [5.41, 5.74) is -1.94. The largest absolute Gasteiger partial charge is 0.346 e. The molecule has 1 aliphatic heterocycles. The van der Waals surface area contributed by atoms with Gasteiger partial charge in [-0.2, -0.15) is 17.6 Å². The van der Waals surface area contributed by atoms with Gasteiger partial charge in [0.15, 0.2) is 5.65 Å². The predicted octanol–water partition coefficient (Wildman–Crippen LogP) is 5.06. The first-order valence-electron chi connectivity index (χ1n) is 13.2. The Morgan fingerprint density at radius 3 is 2.25 bits per heavy atom. The van der Waals surface area contributed by atoms with E-state index in [1.807, 2.05) is 0 Å². The number of carbonyl (C=O) groups excluding carboxylic acids is 1. The molecule has 40 heavy (non-hydrogen) atoms. The third kappa shape index (κ3) is 3.74. The fraction of sp³-hybridized carbons (Fsp3) is 0.464. The second kappa shape index (κ2) is 8.23. The van der Waals surface area contributed by atoms with Crippen LogP contribution in [-0.2, 0) is 0 Å². The maximum atomic E-state index is 15.0. The second-order valence-corrected chi connectivity index (χ2v) is 11.8. The molecule has 2 atom stereocenters. The van der Waals surface area contributed by atoms with Crippen molar-refractivity contribution in [3.8, 4) is 5.69 Å². The van der Waals surface area contributed by atoms with Gasteiger partial charge >= 0.3 is 11.8 Å². The summed E-state index contributed by atoms with van der Waals surface area (Å²) >= 11 is 0. The normalized spacial score (nSPS) is 29.4. The molecule has 1 aromatic carbocycles. The van der Waals surface area contributed by atoms with E-state index in [9.17, 15) is 35.9 Å². The topological polar surface area (TPSA) is 67.2 Å². The van der Waals surface area contributed by atoms with E-state index in [-0.39, 0.29) is 28.1 Å². The first-order chi connectivity index (χ1) is 18.8. The number of anilines is 1. The summed E-state index contributed by atoms with van der Waals surface area (Å²) in [4.78, 5) is 31.9.